The van der Waals surface area contributed by atoms with E-state index in [-0.39, 0.29) is 12.4 Å². The number of hydrogen-bond donors (Lipinski definition) is 3. The number of rotatable bonds is 6. The Morgan fingerprint density at radius 1 is 1.18 bits per heavy atom. The quantitative estimate of drug-likeness (QED) is 0.379. The van der Waals surface area contributed by atoms with Crippen LogP contribution in [0.4, 0.5) is 11.6 Å². The third kappa shape index (κ3) is 5.79. The zero-order valence-corrected chi connectivity index (χ0v) is 18.9. The second-order valence-electron chi connectivity index (χ2n) is 7.14. The number of carbonyl (C=O) groups is 2. The highest BCUT2D eigenvalue weighted by Crippen LogP contribution is 2.18. The molecule has 0 radical (unpaired) electrons. The molecule has 1 atom stereocenters. The van der Waals surface area contributed by atoms with Crippen LogP contribution in [0.15, 0.2) is 37.0 Å². The third-order valence-electron chi connectivity index (χ3n) is 4.84. The van der Waals surface area contributed by atoms with Crippen molar-refractivity contribution in [1.82, 2.24) is 25.3 Å². The molecule has 1 aromatic carbocycles. The van der Waals surface area contributed by atoms with E-state index in [2.05, 4.69) is 41.9 Å². The second-order valence-corrected chi connectivity index (χ2v) is 7.14. The first-order chi connectivity index (χ1) is 15.9. The van der Waals surface area contributed by atoms with Crippen LogP contribution in [-0.2, 0) is 20.9 Å². The van der Waals surface area contributed by atoms with Crippen LogP contribution in [0.5, 0.6) is 0 Å². The Labute approximate surface area is 191 Å². The summed E-state index contributed by atoms with van der Waals surface area (Å²) in [6.45, 7) is 10.3. The molecule has 10 nitrogen and oxygen atoms in total. The van der Waals surface area contributed by atoms with Crippen molar-refractivity contribution >= 4 is 40.4 Å². The Morgan fingerprint density at radius 2 is 1.91 bits per heavy atom. The monoisotopic (exact) mass is 449 g/mol. The molecule has 33 heavy (non-hydrogen) atoms. The molecule has 0 spiro atoms. The molecule has 1 aliphatic rings. The van der Waals surface area contributed by atoms with Gasteiger partial charge in [0.05, 0.1) is 24.1 Å². The summed E-state index contributed by atoms with van der Waals surface area (Å²) >= 11 is 0. The van der Waals surface area contributed by atoms with Crippen LogP contribution in [0.25, 0.3) is 16.9 Å². The summed E-state index contributed by atoms with van der Waals surface area (Å²) in [6, 6.07) is 6.98. The molecule has 0 bridgehead atoms. The fourth-order valence-corrected chi connectivity index (χ4v) is 3.21. The highest BCUT2D eigenvalue weighted by atomic mass is 16.6. The maximum Gasteiger partial charge on any atom is 0.336 e. The number of anilines is 2. The lowest BCUT2D eigenvalue weighted by Crippen LogP contribution is -2.41. The summed E-state index contributed by atoms with van der Waals surface area (Å²) in [4.78, 5) is 40.0. The van der Waals surface area contributed by atoms with Gasteiger partial charge in [0.25, 0.3) is 0 Å². The van der Waals surface area contributed by atoms with E-state index in [1.807, 2.05) is 45.0 Å². The number of hydrogen-bond acceptors (Lipinski definition) is 10. The number of ether oxygens (including phenoxy) is 1. The van der Waals surface area contributed by atoms with Crippen molar-refractivity contribution in [2.75, 3.05) is 11.1 Å². The van der Waals surface area contributed by atoms with Crippen molar-refractivity contribution < 1.29 is 14.3 Å². The Morgan fingerprint density at radius 3 is 2.61 bits per heavy atom. The van der Waals surface area contributed by atoms with Gasteiger partial charge in [0, 0.05) is 17.8 Å². The number of nitrogens with zero attached hydrogens (tertiary/aromatic N) is 4. The van der Waals surface area contributed by atoms with Gasteiger partial charge in [-0.2, -0.15) is 4.98 Å². The Kier molecular flexibility index (Phi) is 7.50. The van der Waals surface area contributed by atoms with Crippen LogP contribution < -0.4 is 16.4 Å². The predicted molar refractivity (Wildman–Crippen MR) is 126 cm³/mol. The van der Waals surface area contributed by atoms with Gasteiger partial charge >= 0.3 is 11.9 Å². The van der Waals surface area contributed by atoms with Crippen LogP contribution in [0.3, 0.4) is 0 Å². The predicted octanol–water partition coefficient (Wildman–Crippen LogP) is 2.74. The van der Waals surface area contributed by atoms with E-state index >= 15 is 0 Å². The number of nitrogens with one attached hydrogen (secondary N) is 2. The van der Waals surface area contributed by atoms with E-state index in [1.165, 1.54) is 0 Å². The van der Waals surface area contributed by atoms with Crippen LogP contribution in [-0.4, -0.2) is 37.9 Å². The molecular formula is C23H27N7O3. The highest BCUT2D eigenvalue weighted by Gasteiger charge is 2.29. The Balaban J connectivity index is 0.00000149. The van der Waals surface area contributed by atoms with Gasteiger partial charge in [-0.3, -0.25) is 4.79 Å². The van der Waals surface area contributed by atoms with Gasteiger partial charge < -0.3 is 21.1 Å². The number of nitrogens with two attached hydrogens (primary N) is 1. The van der Waals surface area contributed by atoms with Crippen LogP contribution in [0.1, 0.15) is 43.6 Å². The van der Waals surface area contributed by atoms with Gasteiger partial charge in [-0.1, -0.05) is 32.6 Å². The number of nitrogen functional groups attached to an aromatic ring is 1. The maximum absolute atomic E-state index is 11.8. The van der Waals surface area contributed by atoms with Crippen LogP contribution in [0, 0.1) is 6.92 Å². The van der Waals surface area contributed by atoms with Crippen LogP contribution in [0.2, 0.25) is 0 Å². The van der Waals surface area contributed by atoms with Crippen molar-refractivity contribution in [2.24, 2.45) is 0 Å². The minimum atomic E-state index is -0.574. The number of esters is 2. The largest absolute Gasteiger partial charge is 0.392 e. The summed E-state index contributed by atoms with van der Waals surface area (Å²) in [5.74, 6) is -0.891. The minimum absolute atomic E-state index is 0.176. The molecule has 0 amide bonds. The van der Waals surface area contributed by atoms with Gasteiger partial charge in [0.1, 0.15) is 11.6 Å². The van der Waals surface area contributed by atoms with Crippen molar-refractivity contribution in [3.05, 3.63) is 54.0 Å². The minimum Gasteiger partial charge on any atom is -0.392 e. The lowest BCUT2D eigenvalue weighted by Gasteiger charge is -2.22. The van der Waals surface area contributed by atoms with E-state index in [1.54, 1.807) is 6.20 Å². The van der Waals surface area contributed by atoms with Gasteiger partial charge in [-0.15, -0.1) is 0 Å². The Bertz CT molecular complexity index is 1180. The van der Waals surface area contributed by atoms with Crippen LogP contribution >= 0.6 is 0 Å². The molecule has 172 valence electrons. The van der Waals surface area contributed by atoms with Gasteiger partial charge in [0.2, 0.25) is 5.95 Å². The number of aryl methyl sites for hydroxylation is 1. The molecular weight excluding hydrogens is 422 g/mol. The molecule has 1 saturated heterocycles. The summed E-state index contributed by atoms with van der Waals surface area (Å²) < 4.78 is 4.65. The molecule has 0 aliphatic carbocycles. The highest BCUT2D eigenvalue weighted by molar-refractivity contribution is 5.92. The second kappa shape index (κ2) is 10.5. The number of cyclic esters (lactones) is 2. The first-order valence-corrected chi connectivity index (χ1v) is 10.7. The fraction of sp³-hybridized carbons (Fsp3) is 0.304. The maximum atomic E-state index is 11.8. The zero-order valence-electron chi connectivity index (χ0n) is 18.9. The molecule has 0 saturated carbocycles. The average molecular weight is 450 g/mol. The van der Waals surface area contributed by atoms with E-state index in [0.717, 1.165) is 16.9 Å². The molecule has 10 heteroatoms. The van der Waals surface area contributed by atoms with Crippen molar-refractivity contribution in [3.63, 3.8) is 0 Å². The van der Waals surface area contributed by atoms with Gasteiger partial charge in [-0.25, -0.2) is 19.7 Å². The normalized spacial score (nSPS) is 15.3. The van der Waals surface area contributed by atoms with Crippen molar-refractivity contribution in [3.8, 4) is 0 Å². The molecule has 1 unspecified atom stereocenters. The van der Waals surface area contributed by atoms with E-state index in [0.29, 0.717) is 35.5 Å². The number of aromatic nitrogens is 4. The molecule has 1 aliphatic heterocycles. The SMILES string of the molecule is C=C(NC1CCC(=O)OC1=O)c1ccc(NCc2cnc3nc(N)nc(C)c3n2)cc1.CC. The molecule has 2 aromatic heterocycles. The zero-order chi connectivity index (χ0) is 24.0. The van der Waals surface area contributed by atoms with Gasteiger partial charge in [-0.05, 0) is 31.0 Å². The van der Waals surface area contributed by atoms with E-state index < -0.39 is 18.0 Å². The van der Waals surface area contributed by atoms with E-state index in [4.69, 9.17) is 5.73 Å². The number of fused-ring (bicyclic) bond motifs is 1. The molecule has 3 heterocycles. The standard InChI is InChI=1S/C21H21N7O3.C2H6/c1-11(25-16-7-8-17(29)31-20(16)30)13-3-5-14(6-4-13)23-9-15-10-24-19-18(27-15)12(2)26-21(22)28-19;1-2/h3-6,10,16,23,25H,1,7-9H2,2H3,(H2,22,24,26,28);1-2H3. The number of carbonyl (C=O) groups excluding carboxylic acids is 2. The summed E-state index contributed by atoms with van der Waals surface area (Å²) in [5.41, 5.74) is 10.4. The topological polar surface area (TPSA) is 145 Å². The molecule has 1 fully saturated rings. The lowest BCUT2D eigenvalue weighted by molar-refractivity contribution is -0.164. The summed E-state index contributed by atoms with van der Waals surface area (Å²) in [6.07, 6.45) is 2.24. The average Bonchev–Trinajstić information content (AvgIpc) is 2.81. The molecule has 4 N–H and O–H groups in total. The third-order valence-corrected chi connectivity index (χ3v) is 4.84. The van der Waals surface area contributed by atoms with Crippen molar-refractivity contribution in [2.45, 2.75) is 46.2 Å². The fourth-order valence-electron chi connectivity index (χ4n) is 3.21. The van der Waals surface area contributed by atoms with Crippen molar-refractivity contribution in [1.29, 1.82) is 0 Å². The summed E-state index contributed by atoms with van der Waals surface area (Å²) in [5, 5.41) is 6.31. The smallest absolute Gasteiger partial charge is 0.336 e. The Hall–Kier alpha value is -4.08. The lowest BCUT2D eigenvalue weighted by atomic mass is 10.1. The molecule has 4 rings (SSSR count). The first-order valence-electron chi connectivity index (χ1n) is 10.7. The van der Waals surface area contributed by atoms with E-state index in [9.17, 15) is 9.59 Å². The first kappa shape index (κ1) is 23.6. The van der Waals surface area contributed by atoms with Gasteiger partial charge in [0.15, 0.2) is 5.65 Å². The number of benzene rings is 1. The molecule has 3 aromatic rings. The summed E-state index contributed by atoms with van der Waals surface area (Å²) in [7, 11) is 0.